The molecule has 31 heavy (non-hydrogen) atoms. The maximum absolute atomic E-state index is 12.3. The summed E-state index contributed by atoms with van der Waals surface area (Å²) in [6, 6.07) is 23.0. The third-order valence-electron chi connectivity index (χ3n) is 4.38. The van der Waals surface area contributed by atoms with Crippen molar-refractivity contribution in [2.45, 2.75) is 13.3 Å². The molecule has 7 heteroatoms. The lowest BCUT2D eigenvalue weighted by molar-refractivity contribution is -0.114. The number of hydrogen-bond donors (Lipinski definition) is 3. The number of hydrazine groups is 1. The summed E-state index contributed by atoms with van der Waals surface area (Å²) < 4.78 is 5.71. The third-order valence-corrected chi connectivity index (χ3v) is 4.38. The predicted molar refractivity (Wildman–Crippen MR) is 118 cm³/mol. The van der Waals surface area contributed by atoms with Gasteiger partial charge in [0.15, 0.2) is 0 Å². The van der Waals surface area contributed by atoms with E-state index in [0.717, 1.165) is 6.42 Å². The Labute approximate surface area is 180 Å². The number of ether oxygens (including phenoxy) is 1. The van der Waals surface area contributed by atoms with E-state index in [1.165, 1.54) is 12.5 Å². The van der Waals surface area contributed by atoms with Gasteiger partial charge in [0.25, 0.3) is 11.8 Å². The van der Waals surface area contributed by atoms with Gasteiger partial charge >= 0.3 is 0 Å². The molecular weight excluding hydrogens is 394 g/mol. The van der Waals surface area contributed by atoms with Crippen LogP contribution in [0.1, 0.15) is 33.2 Å². The molecule has 0 aromatic heterocycles. The monoisotopic (exact) mass is 417 g/mol. The minimum atomic E-state index is -0.469. The van der Waals surface area contributed by atoms with Crippen molar-refractivity contribution in [3.63, 3.8) is 0 Å². The lowest BCUT2D eigenvalue weighted by Crippen LogP contribution is -2.41. The highest BCUT2D eigenvalue weighted by atomic mass is 16.5. The largest absolute Gasteiger partial charge is 0.493 e. The molecule has 0 saturated carbocycles. The van der Waals surface area contributed by atoms with Gasteiger partial charge in [-0.1, -0.05) is 30.3 Å². The number of hydrogen-bond acceptors (Lipinski definition) is 4. The van der Waals surface area contributed by atoms with Crippen LogP contribution < -0.4 is 20.9 Å². The van der Waals surface area contributed by atoms with E-state index in [1.54, 1.807) is 48.5 Å². The topological polar surface area (TPSA) is 96.5 Å². The standard InChI is InChI=1S/C24H23N3O4/c1-17(28)25-21-11-7-19(8-12-21)23(29)26-27-24(30)20-9-13-22(14-10-20)31-16-15-18-5-3-2-4-6-18/h2-14H,15-16H2,1H3,(H,25,28)(H,26,29)(H,27,30). The molecule has 0 unspecified atom stereocenters. The van der Waals surface area contributed by atoms with E-state index in [4.69, 9.17) is 4.74 Å². The van der Waals surface area contributed by atoms with E-state index in [0.29, 0.717) is 29.2 Å². The minimum absolute atomic E-state index is 0.197. The molecule has 158 valence electrons. The third kappa shape index (κ3) is 6.71. The van der Waals surface area contributed by atoms with Crippen molar-refractivity contribution in [2.75, 3.05) is 11.9 Å². The molecule has 0 aliphatic carbocycles. The number of carbonyl (C=O) groups excluding carboxylic acids is 3. The number of anilines is 1. The van der Waals surface area contributed by atoms with Gasteiger partial charge in [0.2, 0.25) is 5.91 Å². The molecule has 0 radical (unpaired) electrons. The van der Waals surface area contributed by atoms with Gasteiger partial charge in [0.1, 0.15) is 5.75 Å². The zero-order chi connectivity index (χ0) is 22.1. The Morgan fingerprint density at radius 3 is 1.84 bits per heavy atom. The highest BCUT2D eigenvalue weighted by Crippen LogP contribution is 2.13. The van der Waals surface area contributed by atoms with Gasteiger partial charge in [-0.15, -0.1) is 0 Å². The molecular formula is C24H23N3O4. The maximum atomic E-state index is 12.3. The van der Waals surface area contributed by atoms with Gasteiger partial charge in [0, 0.05) is 30.2 Å². The highest BCUT2D eigenvalue weighted by molar-refractivity contribution is 5.99. The van der Waals surface area contributed by atoms with Gasteiger partial charge in [-0.2, -0.15) is 0 Å². The number of benzene rings is 3. The number of rotatable bonds is 7. The summed E-state index contributed by atoms with van der Waals surface area (Å²) in [5.41, 5.74) is 7.25. The molecule has 7 nitrogen and oxygen atoms in total. The molecule has 0 bridgehead atoms. The Morgan fingerprint density at radius 1 is 0.742 bits per heavy atom. The average molecular weight is 417 g/mol. The lowest BCUT2D eigenvalue weighted by Gasteiger charge is -2.09. The van der Waals surface area contributed by atoms with Gasteiger partial charge in [0.05, 0.1) is 6.61 Å². The Bertz CT molecular complexity index is 1030. The van der Waals surface area contributed by atoms with Crippen LogP contribution in [0.4, 0.5) is 5.69 Å². The highest BCUT2D eigenvalue weighted by Gasteiger charge is 2.10. The van der Waals surface area contributed by atoms with E-state index >= 15 is 0 Å². The van der Waals surface area contributed by atoms with Crippen LogP contribution in [0.2, 0.25) is 0 Å². The SMILES string of the molecule is CC(=O)Nc1ccc(C(=O)NNC(=O)c2ccc(OCCc3ccccc3)cc2)cc1. The molecule has 0 aliphatic rings. The minimum Gasteiger partial charge on any atom is -0.493 e. The van der Waals surface area contributed by atoms with Crippen molar-refractivity contribution in [3.8, 4) is 5.75 Å². The van der Waals surface area contributed by atoms with Crippen LogP contribution in [0.15, 0.2) is 78.9 Å². The van der Waals surface area contributed by atoms with Crippen molar-refractivity contribution in [1.29, 1.82) is 0 Å². The zero-order valence-electron chi connectivity index (χ0n) is 17.1. The number of nitrogens with one attached hydrogen (secondary N) is 3. The van der Waals surface area contributed by atoms with Crippen molar-refractivity contribution in [1.82, 2.24) is 10.9 Å². The molecule has 3 N–H and O–H groups in total. The molecule has 0 spiro atoms. The smallest absolute Gasteiger partial charge is 0.269 e. The van der Waals surface area contributed by atoms with E-state index in [2.05, 4.69) is 16.2 Å². The van der Waals surface area contributed by atoms with Crippen LogP contribution in [0, 0.1) is 0 Å². The molecule has 0 atom stereocenters. The predicted octanol–water partition coefficient (Wildman–Crippen LogP) is 3.34. The molecule has 0 heterocycles. The summed E-state index contributed by atoms with van der Waals surface area (Å²) >= 11 is 0. The Morgan fingerprint density at radius 2 is 1.29 bits per heavy atom. The molecule has 3 aromatic rings. The van der Waals surface area contributed by atoms with E-state index < -0.39 is 11.8 Å². The van der Waals surface area contributed by atoms with Gasteiger partial charge in [-0.05, 0) is 54.1 Å². The first-order chi connectivity index (χ1) is 15.0. The maximum Gasteiger partial charge on any atom is 0.269 e. The molecule has 3 rings (SSSR count). The lowest BCUT2D eigenvalue weighted by atomic mass is 10.2. The fraction of sp³-hybridized carbons (Fsp3) is 0.125. The van der Waals surface area contributed by atoms with Gasteiger partial charge < -0.3 is 10.1 Å². The second kappa shape index (κ2) is 10.6. The second-order valence-corrected chi connectivity index (χ2v) is 6.78. The van der Waals surface area contributed by atoms with E-state index in [9.17, 15) is 14.4 Å². The van der Waals surface area contributed by atoms with Gasteiger partial charge in [-0.3, -0.25) is 25.2 Å². The molecule has 3 aromatic carbocycles. The van der Waals surface area contributed by atoms with Crippen molar-refractivity contribution in [2.24, 2.45) is 0 Å². The van der Waals surface area contributed by atoms with Crippen LogP contribution >= 0.6 is 0 Å². The van der Waals surface area contributed by atoms with Crippen molar-refractivity contribution >= 4 is 23.4 Å². The normalized spacial score (nSPS) is 10.1. The summed E-state index contributed by atoms with van der Waals surface area (Å²) in [7, 11) is 0. The molecule has 3 amide bonds. The summed E-state index contributed by atoms with van der Waals surface area (Å²) in [6.45, 7) is 1.94. The first-order valence-electron chi connectivity index (χ1n) is 9.76. The van der Waals surface area contributed by atoms with Crippen LogP contribution in [-0.2, 0) is 11.2 Å². The summed E-state index contributed by atoms with van der Waals surface area (Å²) in [6.07, 6.45) is 0.793. The first-order valence-corrected chi connectivity index (χ1v) is 9.76. The van der Waals surface area contributed by atoms with Crippen LogP contribution in [0.3, 0.4) is 0 Å². The zero-order valence-corrected chi connectivity index (χ0v) is 17.1. The Balaban J connectivity index is 1.45. The van der Waals surface area contributed by atoms with Crippen LogP contribution in [0.5, 0.6) is 5.75 Å². The summed E-state index contributed by atoms with van der Waals surface area (Å²) in [5.74, 6) is -0.449. The number of amides is 3. The van der Waals surface area contributed by atoms with Crippen molar-refractivity contribution in [3.05, 3.63) is 95.6 Å². The average Bonchev–Trinajstić information content (AvgIpc) is 2.78. The molecule has 0 fully saturated rings. The summed E-state index contributed by atoms with van der Waals surface area (Å²) in [4.78, 5) is 35.5. The van der Waals surface area contributed by atoms with E-state index in [1.807, 2.05) is 30.3 Å². The van der Waals surface area contributed by atoms with Gasteiger partial charge in [-0.25, -0.2) is 0 Å². The fourth-order valence-electron chi connectivity index (χ4n) is 2.80. The van der Waals surface area contributed by atoms with Crippen LogP contribution in [-0.4, -0.2) is 24.3 Å². The Hall–Kier alpha value is -4.13. The van der Waals surface area contributed by atoms with Crippen molar-refractivity contribution < 1.29 is 19.1 Å². The Kier molecular flexibility index (Phi) is 7.37. The summed E-state index contributed by atoms with van der Waals surface area (Å²) in [5, 5.41) is 2.62. The molecule has 0 saturated heterocycles. The number of carbonyl (C=O) groups is 3. The van der Waals surface area contributed by atoms with E-state index in [-0.39, 0.29) is 5.91 Å². The quantitative estimate of drug-likeness (QED) is 0.514. The first kappa shape index (κ1) is 21.6. The fourth-order valence-corrected chi connectivity index (χ4v) is 2.80. The van der Waals surface area contributed by atoms with Crippen LogP contribution in [0.25, 0.3) is 0 Å². The molecule has 0 aliphatic heterocycles. The second-order valence-electron chi connectivity index (χ2n) is 6.78.